The van der Waals surface area contributed by atoms with Gasteiger partial charge >= 0.3 is 0 Å². The highest BCUT2D eigenvalue weighted by Crippen LogP contribution is 2.27. The molecule has 0 aliphatic carbocycles. The lowest BCUT2D eigenvalue weighted by Crippen LogP contribution is -2.04. The first kappa shape index (κ1) is 11.0. The second-order valence-corrected chi connectivity index (χ2v) is 4.53. The van der Waals surface area contributed by atoms with Gasteiger partial charge in [-0.3, -0.25) is 4.79 Å². The predicted molar refractivity (Wildman–Crippen MR) is 63.2 cm³/mol. The maximum Gasteiger partial charge on any atom is 0.152 e. The van der Waals surface area contributed by atoms with Crippen molar-refractivity contribution in [1.29, 1.82) is 0 Å². The molecule has 0 aliphatic heterocycles. The van der Waals surface area contributed by atoms with Gasteiger partial charge < -0.3 is 0 Å². The molecule has 0 amide bonds. The van der Waals surface area contributed by atoms with Crippen LogP contribution in [0.25, 0.3) is 0 Å². The zero-order chi connectivity index (χ0) is 10.0. The van der Waals surface area contributed by atoms with E-state index in [-0.39, 0.29) is 5.78 Å². The number of alkyl halides is 1. The van der Waals surface area contributed by atoms with Crippen LogP contribution in [0.3, 0.4) is 0 Å². The Balaban J connectivity index is 3.15. The highest BCUT2D eigenvalue weighted by Gasteiger charge is 2.15. The smallest absolute Gasteiger partial charge is 0.152 e. The number of carbonyl (C=O) groups is 1. The summed E-state index contributed by atoms with van der Waals surface area (Å²) < 4.78 is 1.14. The van der Waals surface area contributed by atoms with Gasteiger partial charge in [0.25, 0.3) is 0 Å². The zero-order valence-corrected chi connectivity index (χ0v) is 10.4. The van der Waals surface area contributed by atoms with E-state index >= 15 is 0 Å². The predicted octanol–water partition coefficient (Wildman–Crippen LogP) is 3.47. The molecule has 0 aliphatic rings. The Bertz CT molecular complexity index is 336. The third-order valence-electron chi connectivity index (χ3n) is 1.94. The number of carbonyl (C=O) groups excluding carboxylic acids is 1. The molecule has 0 saturated carbocycles. The maximum atomic E-state index is 11.1. The minimum absolute atomic E-state index is 0.00762. The van der Waals surface area contributed by atoms with Gasteiger partial charge in [-0.05, 0) is 53.6 Å². The Labute approximate surface area is 96.6 Å². The van der Waals surface area contributed by atoms with Gasteiger partial charge in [-0.15, -0.1) is 11.6 Å². The molecule has 70 valence electrons. The van der Waals surface area contributed by atoms with E-state index < -0.39 is 5.38 Å². The molecule has 3 heteroatoms. The van der Waals surface area contributed by atoms with Crippen LogP contribution >= 0.6 is 34.2 Å². The van der Waals surface area contributed by atoms with Crippen LogP contribution in [0.4, 0.5) is 0 Å². The van der Waals surface area contributed by atoms with Crippen molar-refractivity contribution in [1.82, 2.24) is 0 Å². The summed E-state index contributed by atoms with van der Waals surface area (Å²) >= 11 is 8.20. The summed E-state index contributed by atoms with van der Waals surface area (Å²) in [6.07, 6.45) is 0. The van der Waals surface area contributed by atoms with Gasteiger partial charge in [-0.25, -0.2) is 0 Å². The molecule has 1 aromatic rings. The van der Waals surface area contributed by atoms with Crippen LogP contribution in [0, 0.1) is 10.5 Å². The van der Waals surface area contributed by atoms with Gasteiger partial charge in [0, 0.05) is 3.57 Å². The molecule has 0 N–H and O–H groups in total. The van der Waals surface area contributed by atoms with Gasteiger partial charge in [0.15, 0.2) is 5.78 Å². The van der Waals surface area contributed by atoms with E-state index in [4.69, 9.17) is 11.6 Å². The van der Waals surface area contributed by atoms with Crippen molar-refractivity contribution in [2.24, 2.45) is 0 Å². The summed E-state index contributed by atoms with van der Waals surface area (Å²) in [4.78, 5) is 11.1. The van der Waals surface area contributed by atoms with Gasteiger partial charge in [0.05, 0.1) is 0 Å². The minimum atomic E-state index is -0.505. The van der Waals surface area contributed by atoms with E-state index in [1.807, 2.05) is 25.1 Å². The second kappa shape index (κ2) is 4.42. The second-order valence-electron chi connectivity index (χ2n) is 2.93. The van der Waals surface area contributed by atoms with Crippen molar-refractivity contribution in [2.45, 2.75) is 19.2 Å². The fourth-order valence-corrected chi connectivity index (χ4v) is 1.87. The first-order valence-electron chi connectivity index (χ1n) is 3.93. The molecule has 0 aromatic heterocycles. The molecule has 0 fully saturated rings. The highest BCUT2D eigenvalue weighted by molar-refractivity contribution is 14.1. The summed E-state index contributed by atoms with van der Waals surface area (Å²) in [5, 5.41) is -0.505. The summed E-state index contributed by atoms with van der Waals surface area (Å²) in [6.45, 7) is 3.49. The van der Waals surface area contributed by atoms with Crippen molar-refractivity contribution in [2.75, 3.05) is 0 Å². The van der Waals surface area contributed by atoms with E-state index in [9.17, 15) is 4.79 Å². The van der Waals surface area contributed by atoms with Crippen LogP contribution < -0.4 is 0 Å². The molecule has 0 saturated heterocycles. The maximum absolute atomic E-state index is 11.1. The summed E-state index contributed by atoms with van der Waals surface area (Å²) in [5.41, 5.74) is 2.01. The highest BCUT2D eigenvalue weighted by atomic mass is 127. The van der Waals surface area contributed by atoms with Crippen molar-refractivity contribution >= 4 is 40.0 Å². The van der Waals surface area contributed by atoms with Crippen LogP contribution in [0.5, 0.6) is 0 Å². The average molecular weight is 309 g/mol. The van der Waals surface area contributed by atoms with E-state index in [0.29, 0.717) is 0 Å². The third kappa shape index (κ3) is 2.44. The quantitative estimate of drug-likeness (QED) is 0.604. The lowest BCUT2D eigenvalue weighted by molar-refractivity contribution is -0.116. The number of hydrogen-bond donors (Lipinski definition) is 0. The topological polar surface area (TPSA) is 17.1 Å². The molecule has 1 aromatic carbocycles. The van der Waals surface area contributed by atoms with Gasteiger partial charge in [0.1, 0.15) is 5.38 Å². The van der Waals surface area contributed by atoms with Crippen molar-refractivity contribution in [3.63, 3.8) is 0 Å². The molecule has 0 bridgehead atoms. The number of rotatable bonds is 2. The molecule has 1 unspecified atom stereocenters. The van der Waals surface area contributed by atoms with E-state index in [2.05, 4.69) is 22.6 Å². The normalized spacial score (nSPS) is 12.6. The van der Waals surface area contributed by atoms with E-state index in [1.165, 1.54) is 6.92 Å². The number of ketones is 1. The number of benzene rings is 1. The van der Waals surface area contributed by atoms with Crippen molar-refractivity contribution in [3.8, 4) is 0 Å². The van der Waals surface area contributed by atoms with Gasteiger partial charge in [0.2, 0.25) is 0 Å². The third-order valence-corrected chi connectivity index (χ3v) is 3.65. The zero-order valence-electron chi connectivity index (χ0n) is 7.47. The lowest BCUT2D eigenvalue weighted by atomic mass is 10.0. The van der Waals surface area contributed by atoms with Crippen LogP contribution in [-0.4, -0.2) is 5.78 Å². The van der Waals surface area contributed by atoms with Crippen molar-refractivity contribution < 1.29 is 4.79 Å². The summed E-state index contributed by atoms with van der Waals surface area (Å²) in [7, 11) is 0. The van der Waals surface area contributed by atoms with Gasteiger partial charge in [-0.1, -0.05) is 12.1 Å². The molecular weight excluding hydrogens is 298 g/mol. The SMILES string of the molecule is CC(=O)C(Cl)c1cccc(I)c1C. The average Bonchev–Trinajstić information content (AvgIpc) is 2.08. The monoisotopic (exact) mass is 308 g/mol. The van der Waals surface area contributed by atoms with Crippen LogP contribution in [0.1, 0.15) is 23.4 Å². The Morgan fingerprint density at radius 1 is 1.54 bits per heavy atom. The minimum Gasteiger partial charge on any atom is -0.298 e. The van der Waals surface area contributed by atoms with Crippen LogP contribution in [0.2, 0.25) is 0 Å². The molecule has 1 nitrogen and oxygen atoms in total. The number of hydrogen-bond acceptors (Lipinski definition) is 1. The first-order chi connectivity index (χ1) is 6.04. The Kier molecular flexibility index (Phi) is 3.74. The Morgan fingerprint density at radius 3 is 2.69 bits per heavy atom. The molecule has 0 radical (unpaired) electrons. The standard InChI is InChI=1S/C10H10ClIO/c1-6-8(10(11)7(2)13)4-3-5-9(6)12/h3-5,10H,1-2H3. The van der Waals surface area contributed by atoms with Gasteiger partial charge in [-0.2, -0.15) is 0 Å². The number of halogens is 2. The molecular formula is C10H10ClIO. The number of Topliss-reactive ketones (excluding diaryl/α,β-unsaturated/α-hetero) is 1. The largest absolute Gasteiger partial charge is 0.298 e. The Morgan fingerprint density at radius 2 is 2.15 bits per heavy atom. The summed E-state index contributed by atoms with van der Waals surface area (Å²) in [6, 6.07) is 5.82. The van der Waals surface area contributed by atoms with Crippen LogP contribution in [0.15, 0.2) is 18.2 Å². The van der Waals surface area contributed by atoms with E-state index in [0.717, 1.165) is 14.7 Å². The fraction of sp³-hybridized carbons (Fsp3) is 0.300. The first-order valence-corrected chi connectivity index (χ1v) is 5.45. The van der Waals surface area contributed by atoms with Crippen molar-refractivity contribution in [3.05, 3.63) is 32.9 Å². The molecule has 1 rings (SSSR count). The molecule has 0 heterocycles. The van der Waals surface area contributed by atoms with Crippen LogP contribution in [-0.2, 0) is 4.79 Å². The Hall–Kier alpha value is -0.0900. The molecule has 1 atom stereocenters. The van der Waals surface area contributed by atoms with E-state index in [1.54, 1.807) is 0 Å². The summed E-state index contributed by atoms with van der Waals surface area (Å²) in [5.74, 6) is -0.00762. The molecule has 0 spiro atoms. The molecule has 13 heavy (non-hydrogen) atoms. The lowest BCUT2D eigenvalue weighted by Gasteiger charge is -2.10. The fourth-order valence-electron chi connectivity index (χ4n) is 1.12.